The van der Waals surface area contributed by atoms with Gasteiger partial charge in [-0.15, -0.1) is 0 Å². The van der Waals surface area contributed by atoms with Crippen LogP contribution in [0.15, 0.2) is 22.7 Å². The van der Waals surface area contributed by atoms with Crippen molar-refractivity contribution in [3.8, 4) is 0 Å². The predicted octanol–water partition coefficient (Wildman–Crippen LogP) is 4.55. The molecule has 0 aromatic heterocycles. The molecular weight excluding hydrogens is 300 g/mol. The lowest BCUT2D eigenvalue weighted by molar-refractivity contribution is 0.146. The predicted molar refractivity (Wildman–Crippen MR) is 72.9 cm³/mol. The van der Waals surface area contributed by atoms with Gasteiger partial charge < -0.3 is 5.73 Å². The van der Waals surface area contributed by atoms with Gasteiger partial charge in [-0.25, -0.2) is 8.78 Å². The van der Waals surface area contributed by atoms with E-state index in [0.29, 0.717) is 6.54 Å². The average molecular weight is 318 g/mol. The maximum Gasteiger partial charge on any atom is 0.264 e. The lowest BCUT2D eigenvalue weighted by Crippen LogP contribution is -2.38. The van der Waals surface area contributed by atoms with Gasteiger partial charge in [0.15, 0.2) is 0 Å². The minimum absolute atomic E-state index is 0.144. The molecule has 1 aromatic carbocycles. The molecule has 0 aliphatic heterocycles. The SMILES string of the molecule is NCC1(c2cc(Br)ccc2C(F)F)CCCCC1. The highest BCUT2D eigenvalue weighted by Gasteiger charge is 2.35. The maximum absolute atomic E-state index is 13.2. The Kier molecular flexibility index (Phi) is 4.38. The normalized spacial score (nSPS) is 19.2. The van der Waals surface area contributed by atoms with Gasteiger partial charge in [-0.2, -0.15) is 0 Å². The van der Waals surface area contributed by atoms with Crippen LogP contribution in [-0.2, 0) is 5.41 Å². The second kappa shape index (κ2) is 5.66. The summed E-state index contributed by atoms with van der Waals surface area (Å²) in [6.07, 6.45) is 2.73. The number of hydrogen-bond donors (Lipinski definition) is 1. The molecule has 0 radical (unpaired) electrons. The maximum atomic E-state index is 13.2. The van der Waals surface area contributed by atoms with Crippen molar-refractivity contribution in [2.75, 3.05) is 6.54 Å². The second-order valence-corrected chi connectivity index (χ2v) is 5.99. The highest BCUT2D eigenvalue weighted by atomic mass is 79.9. The van der Waals surface area contributed by atoms with E-state index in [0.717, 1.165) is 35.7 Å². The molecule has 1 fully saturated rings. The molecule has 2 N–H and O–H groups in total. The highest BCUT2D eigenvalue weighted by molar-refractivity contribution is 9.10. The summed E-state index contributed by atoms with van der Waals surface area (Å²) in [5.41, 5.74) is 6.56. The van der Waals surface area contributed by atoms with Gasteiger partial charge in [-0.1, -0.05) is 41.3 Å². The largest absolute Gasteiger partial charge is 0.330 e. The Morgan fingerprint density at radius 2 is 1.89 bits per heavy atom. The number of benzene rings is 1. The molecule has 1 saturated carbocycles. The summed E-state index contributed by atoms with van der Waals surface area (Å²) in [4.78, 5) is 0. The van der Waals surface area contributed by atoms with Gasteiger partial charge in [-0.05, 0) is 30.5 Å². The molecule has 100 valence electrons. The number of rotatable bonds is 3. The van der Waals surface area contributed by atoms with E-state index in [-0.39, 0.29) is 11.0 Å². The molecule has 1 aliphatic carbocycles. The number of hydrogen-bond acceptors (Lipinski definition) is 1. The van der Waals surface area contributed by atoms with Crippen molar-refractivity contribution in [1.29, 1.82) is 0 Å². The zero-order valence-corrected chi connectivity index (χ0v) is 11.8. The quantitative estimate of drug-likeness (QED) is 0.869. The van der Waals surface area contributed by atoms with Crippen molar-refractivity contribution in [2.24, 2.45) is 5.73 Å². The van der Waals surface area contributed by atoms with Gasteiger partial charge >= 0.3 is 0 Å². The average Bonchev–Trinajstić information content (AvgIpc) is 2.39. The molecule has 0 bridgehead atoms. The summed E-state index contributed by atoms with van der Waals surface area (Å²) in [5.74, 6) is 0. The summed E-state index contributed by atoms with van der Waals surface area (Å²) >= 11 is 3.38. The Bertz CT molecular complexity index is 414. The Labute approximate surface area is 115 Å². The summed E-state index contributed by atoms with van der Waals surface area (Å²) in [7, 11) is 0. The van der Waals surface area contributed by atoms with Crippen LogP contribution in [-0.4, -0.2) is 6.54 Å². The first-order valence-electron chi connectivity index (χ1n) is 6.37. The molecule has 1 nitrogen and oxygen atoms in total. The van der Waals surface area contributed by atoms with Gasteiger partial charge in [0.05, 0.1) is 0 Å². The third kappa shape index (κ3) is 2.59. The molecule has 2 rings (SSSR count). The summed E-state index contributed by atoms with van der Waals surface area (Å²) in [6, 6.07) is 5.04. The zero-order chi connectivity index (χ0) is 13.2. The Balaban J connectivity index is 2.49. The summed E-state index contributed by atoms with van der Waals surface area (Å²) in [5, 5.41) is 0. The molecule has 4 heteroatoms. The van der Waals surface area contributed by atoms with Crippen LogP contribution in [0.3, 0.4) is 0 Å². The van der Waals surface area contributed by atoms with Crippen LogP contribution in [0.4, 0.5) is 8.78 Å². The first-order valence-corrected chi connectivity index (χ1v) is 7.16. The van der Waals surface area contributed by atoms with E-state index in [4.69, 9.17) is 5.73 Å². The second-order valence-electron chi connectivity index (χ2n) is 5.08. The molecule has 18 heavy (non-hydrogen) atoms. The molecule has 0 spiro atoms. The number of alkyl halides is 2. The van der Waals surface area contributed by atoms with Crippen LogP contribution >= 0.6 is 15.9 Å². The summed E-state index contributed by atoms with van der Waals surface area (Å²) < 4.78 is 27.2. The van der Waals surface area contributed by atoms with Crippen molar-refractivity contribution >= 4 is 15.9 Å². The topological polar surface area (TPSA) is 26.0 Å². The monoisotopic (exact) mass is 317 g/mol. The van der Waals surface area contributed by atoms with E-state index in [1.54, 1.807) is 6.07 Å². The van der Waals surface area contributed by atoms with Crippen molar-refractivity contribution in [3.63, 3.8) is 0 Å². The minimum atomic E-state index is -2.43. The molecule has 0 amide bonds. The lowest BCUT2D eigenvalue weighted by atomic mass is 9.68. The van der Waals surface area contributed by atoms with Crippen LogP contribution in [0.2, 0.25) is 0 Å². The Morgan fingerprint density at radius 1 is 1.22 bits per heavy atom. The van der Waals surface area contributed by atoms with Crippen molar-refractivity contribution in [3.05, 3.63) is 33.8 Å². The number of nitrogens with two attached hydrogens (primary N) is 1. The van der Waals surface area contributed by atoms with Gasteiger partial charge in [-0.3, -0.25) is 0 Å². The van der Waals surface area contributed by atoms with E-state index in [9.17, 15) is 8.78 Å². The number of halogens is 3. The van der Waals surface area contributed by atoms with E-state index in [2.05, 4.69) is 15.9 Å². The van der Waals surface area contributed by atoms with Gasteiger partial charge in [0, 0.05) is 22.0 Å². The van der Waals surface area contributed by atoms with Gasteiger partial charge in [0.2, 0.25) is 0 Å². The van der Waals surface area contributed by atoms with E-state index < -0.39 is 6.43 Å². The third-order valence-corrected chi connectivity index (χ3v) is 4.52. The van der Waals surface area contributed by atoms with E-state index in [1.165, 1.54) is 12.5 Å². The van der Waals surface area contributed by atoms with Crippen molar-refractivity contribution in [2.45, 2.75) is 43.9 Å². The fourth-order valence-electron chi connectivity index (χ4n) is 2.99. The van der Waals surface area contributed by atoms with Gasteiger partial charge in [0.1, 0.15) is 0 Å². The standard InChI is InChI=1S/C14H18BrF2N/c15-10-4-5-11(13(16)17)12(8-10)14(9-18)6-2-1-3-7-14/h4-5,8,13H,1-3,6-7,9,18H2. The lowest BCUT2D eigenvalue weighted by Gasteiger charge is -2.38. The molecule has 0 atom stereocenters. The summed E-state index contributed by atoms with van der Waals surface area (Å²) in [6.45, 7) is 0.448. The van der Waals surface area contributed by atoms with E-state index >= 15 is 0 Å². The smallest absolute Gasteiger partial charge is 0.264 e. The van der Waals surface area contributed by atoms with E-state index in [1.807, 2.05) is 6.07 Å². The molecular formula is C14H18BrF2N. The van der Waals surface area contributed by atoms with Crippen LogP contribution in [0.5, 0.6) is 0 Å². The first kappa shape index (κ1) is 13.9. The molecule has 0 saturated heterocycles. The third-order valence-electron chi connectivity index (χ3n) is 4.02. The first-order chi connectivity index (χ1) is 8.59. The fraction of sp³-hybridized carbons (Fsp3) is 0.571. The Morgan fingerprint density at radius 3 is 2.44 bits per heavy atom. The van der Waals surface area contributed by atoms with Gasteiger partial charge in [0.25, 0.3) is 6.43 Å². The zero-order valence-electron chi connectivity index (χ0n) is 10.3. The fourth-order valence-corrected chi connectivity index (χ4v) is 3.35. The highest BCUT2D eigenvalue weighted by Crippen LogP contribution is 2.43. The minimum Gasteiger partial charge on any atom is -0.330 e. The molecule has 1 aromatic rings. The molecule has 1 aliphatic rings. The van der Waals surface area contributed by atoms with Crippen LogP contribution in [0.25, 0.3) is 0 Å². The van der Waals surface area contributed by atoms with Crippen LogP contribution in [0.1, 0.15) is 49.7 Å². The van der Waals surface area contributed by atoms with Crippen molar-refractivity contribution < 1.29 is 8.78 Å². The molecule has 0 unspecified atom stereocenters. The van der Waals surface area contributed by atoms with Crippen LogP contribution < -0.4 is 5.73 Å². The van der Waals surface area contributed by atoms with Crippen molar-refractivity contribution in [1.82, 2.24) is 0 Å². The van der Waals surface area contributed by atoms with Crippen LogP contribution in [0, 0.1) is 0 Å². The Hall–Kier alpha value is -0.480. The molecule has 0 heterocycles.